The van der Waals surface area contributed by atoms with Gasteiger partial charge in [-0.2, -0.15) is 0 Å². The number of hydrogen-bond donors (Lipinski definition) is 0. The number of carbonyl (C=O) groups excluding carboxylic acids is 2. The predicted octanol–water partition coefficient (Wildman–Crippen LogP) is 1.20. The standard InChI is InChI=1S/C19H18FNO4/c1-10(2)9-14-19-8-7-13(25-19)15(18(23)24)16(19)17(22)21(14)12-5-3-11(20)4-6-12/h3-8,13-16H,1,9H2,2H3,(H,23,24)/p-1/t13-,14+,15-,16+,19+/m0/s1. The van der Waals surface area contributed by atoms with Crippen LogP contribution in [0.2, 0.25) is 0 Å². The lowest BCUT2D eigenvalue weighted by Gasteiger charge is -2.33. The Bertz CT molecular complexity index is 802. The van der Waals surface area contributed by atoms with E-state index in [1.807, 2.05) is 6.92 Å². The smallest absolute Gasteiger partial charge is 0.234 e. The first-order valence-corrected chi connectivity index (χ1v) is 8.16. The Balaban J connectivity index is 1.84. The fourth-order valence-electron chi connectivity index (χ4n) is 4.41. The van der Waals surface area contributed by atoms with E-state index in [0.29, 0.717) is 12.1 Å². The zero-order chi connectivity index (χ0) is 17.9. The lowest BCUT2D eigenvalue weighted by atomic mass is 9.74. The number of fused-ring (bicyclic) bond motifs is 1. The van der Waals surface area contributed by atoms with Crippen molar-refractivity contribution in [2.45, 2.75) is 31.1 Å². The number of anilines is 1. The van der Waals surface area contributed by atoms with Crippen LogP contribution in [0.25, 0.3) is 0 Å². The van der Waals surface area contributed by atoms with E-state index in [4.69, 9.17) is 4.74 Å². The Morgan fingerprint density at radius 1 is 1.40 bits per heavy atom. The van der Waals surface area contributed by atoms with Gasteiger partial charge in [0.15, 0.2) is 0 Å². The van der Waals surface area contributed by atoms with E-state index < -0.39 is 41.4 Å². The van der Waals surface area contributed by atoms with Crippen molar-refractivity contribution in [2.75, 3.05) is 4.90 Å². The number of carbonyl (C=O) groups is 2. The molecule has 0 saturated carbocycles. The summed E-state index contributed by atoms with van der Waals surface area (Å²) in [5.41, 5.74) is 0.344. The van der Waals surface area contributed by atoms with E-state index in [0.717, 1.165) is 5.57 Å². The first-order valence-electron chi connectivity index (χ1n) is 8.16. The number of ether oxygens (including phenoxy) is 1. The highest BCUT2D eigenvalue weighted by atomic mass is 19.1. The second kappa shape index (κ2) is 5.26. The van der Waals surface area contributed by atoms with Gasteiger partial charge in [0, 0.05) is 17.6 Å². The molecular weight excluding hydrogens is 325 g/mol. The zero-order valence-corrected chi connectivity index (χ0v) is 13.6. The molecule has 3 heterocycles. The second-order valence-electron chi connectivity index (χ2n) is 6.98. The molecule has 0 aliphatic carbocycles. The van der Waals surface area contributed by atoms with Gasteiger partial charge in [0.25, 0.3) is 0 Å². The van der Waals surface area contributed by atoms with Gasteiger partial charge in [-0.1, -0.05) is 17.7 Å². The Kier molecular flexibility index (Phi) is 3.37. The van der Waals surface area contributed by atoms with Crippen LogP contribution in [0, 0.1) is 17.7 Å². The number of hydrogen-bond acceptors (Lipinski definition) is 4. The summed E-state index contributed by atoms with van der Waals surface area (Å²) in [7, 11) is 0. The Morgan fingerprint density at radius 3 is 2.68 bits per heavy atom. The van der Waals surface area contributed by atoms with Crippen LogP contribution in [0.4, 0.5) is 10.1 Å². The van der Waals surface area contributed by atoms with Crippen molar-refractivity contribution in [2.24, 2.45) is 11.8 Å². The van der Waals surface area contributed by atoms with Crippen LogP contribution in [0.5, 0.6) is 0 Å². The van der Waals surface area contributed by atoms with Gasteiger partial charge in [0.2, 0.25) is 5.91 Å². The summed E-state index contributed by atoms with van der Waals surface area (Å²) in [5.74, 6) is -3.89. The molecule has 1 aromatic rings. The van der Waals surface area contributed by atoms with E-state index in [1.165, 1.54) is 29.2 Å². The third-order valence-electron chi connectivity index (χ3n) is 5.34. The van der Waals surface area contributed by atoms with Gasteiger partial charge in [0.05, 0.1) is 18.1 Å². The number of amides is 1. The maximum atomic E-state index is 13.3. The van der Waals surface area contributed by atoms with Crippen LogP contribution in [-0.4, -0.2) is 29.6 Å². The van der Waals surface area contributed by atoms with E-state index in [2.05, 4.69) is 6.58 Å². The van der Waals surface area contributed by atoms with Crippen LogP contribution < -0.4 is 10.0 Å². The maximum absolute atomic E-state index is 13.3. The molecule has 2 saturated heterocycles. The molecule has 1 spiro atoms. The zero-order valence-electron chi connectivity index (χ0n) is 13.6. The lowest BCUT2D eigenvalue weighted by molar-refractivity contribution is -0.313. The molecule has 4 rings (SSSR count). The molecule has 25 heavy (non-hydrogen) atoms. The largest absolute Gasteiger partial charge is 0.550 e. The van der Waals surface area contributed by atoms with E-state index in [-0.39, 0.29) is 5.91 Å². The molecule has 0 radical (unpaired) electrons. The molecular formula is C19H17FNO4-. The second-order valence-corrected chi connectivity index (χ2v) is 6.98. The minimum absolute atomic E-state index is 0.334. The monoisotopic (exact) mass is 342 g/mol. The SMILES string of the molecule is C=C(C)C[C@H]1N(c2ccc(F)cc2)C(=O)[C@H]2[C@@H](C(=O)[O-])[C@@H]3C=C[C@]21O3. The fraction of sp³-hybridized carbons (Fsp3) is 0.368. The molecule has 1 aromatic carbocycles. The number of carboxylic acids is 1. The molecule has 6 heteroatoms. The highest BCUT2D eigenvalue weighted by Crippen LogP contribution is 2.56. The van der Waals surface area contributed by atoms with E-state index in [1.54, 1.807) is 12.2 Å². The fourth-order valence-corrected chi connectivity index (χ4v) is 4.41. The van der Waals surface area contributed by atoms with Crippen molar-refractivity contribution in [3.63, 3.8) is 0 Å². The molecule has 0 aromatic heterocycles. The van der Waals surface area contributed by atoms with Gasteiger partial charge in [-0.25, -0.2) is 4.39 Å². The molecule has 3 aliphatic heterocycles. The van der Waals surface area contributed by atoms with Crippen molar-refractivity contribution in [3.05, 3.63) is 54.4 Å². The number of nitrogens with zero attached hydrogens (tertiary/aromatic N) is 1. The number of carboxylic acid groups (broad SMARTS) is 1. The van der Waals surface area contributed by atoms with Gasteiger partial charge in [-0.15, -0.1) is 6.58 Å². The average Bonchev–Trinajstić information content (AvgIpc) is 3.18. The van der Waals surface area contributed by atoms with E-state index in [9.17, 15) is 19.1 Å². The Labute approximate surface area is 144 Å². The molecule has 5 nitrogen and oxygen atoms in total. The van der Waals surface area contributed by atoms with Crippen molar-refractivity contribution in [1.82, 2.24) is 0 Å². The van der Waals surface area contributed by atoms with Gasteiger partial charge in [-0.3, -0.25) is 4.79 Å². The first-order chi connectivity index (χ1) is 11.8. The molecule has 2 bridgehead atoms. The lowest BCUT2D eigenvalue weighted by Crippen LogP contribution is -2.46. The number of rotatable bonds is 4. The predicted molar refractivity (Wildman–Crippen MR) is 85.8 cm³/mol. The van der Waals surface area contributed by atoms with Crippen molar-refractivity contribution >= 4 is 17.6 Å². The summed E-state index contributed by atoms with van der Waals surface area (Å²) in [6.07, 6.45) is 3.30. The minimum atomic E-state index is -1.29. The van der Waals surface area contributed by atoms with Gasteiger partial charge in [0.1, 0.15) is 11.4 Å². The summed E-state index contributed by atoms with van der Waals surface area (Å²) >= 11 is 0. The van der Waals surface area contributed by atoms with Crippen LogP contribution >= 0.6 is 0 Å². The topological polar surface area (TPSA) is 69.7 Å². The van der Waals surface area contributed by atoms with Gasteiger partial charge in [-0.05, 0) is 37.6 Å². The highest BCUT2D eigenvalue weighted by molar-refractivity contribution is 6.03. The number of benzene rings is 1. The third kappa shape index (κ3) is 2.10. The van der Waals surface area contributed by atoms with Gasteiger partial charge >= 0.3 is 0 Å². The molecule has 2 fully saturated rings. The van der Waals surface area contributed by atoms with Crippen molar-refractivity contribution in [3.8, 4) is 0 Å². The molecule has 5 atom stereocenters. The van der Waals surface area contributed by atoms with Gasteiger partial charge < -0.3 is 19.5 Å². The summed E-state index contributed by atoms with van der Waals surface area (Å²) in [4.78, 5) is 26.3. The van der Waals surface area contributed by atoms with Crippen molar-refractivity contribution < 1.29 is 23.8 Å². The quantitative estimate of drug-likeness (QED) is 0.771. The third-order valence-corrected chi connectivity index (χ3v) is 5.34. The molecule has 1 amide bonds. The Hall–Kier alpha value is -2.47. The maximum Gasteiger partial charge on any atom is 0.234 e. The Morgan fingerprint density at radius 2 is 2.08 bits per heavy atom. The summed E-state index contributed by atoms with van der Waals surface area (Å²) in [5, 5.41) is 11.6. The molecule has 3 aliphatic rings. The molecule has 0 N–H and O–H groups in total. The normalized spacial score (nSPS) is 35.3. The van der Waals surface area contributed by atoms with Crippen molar-refractivity contribution in [1.29, 1.82) is 0 Å². The summed E-state index contributed by atoms with van der Waals surface area (Å²) in [6.45, 7) is 5.77. The van der Waals surface area contributed by atoms with Crippen LogP contribution in [-0.2, 0) is 14.3 Å². The number of halogens is 1. The minimum Gasteiger partial charge on any atom is -0.550 e. The average molecular weight is 342 g/mol. The molecule has 130 valence electrons. The van der Waals surface area contributed by atoms with Crippen LogP contribution in [0.15, 0.2) is 48.6 Å². The molecule has 0 unspecified atom stereocenters. The number of aliphatic carboxylic acids is 1. The first kappa shape index (κ1) is 16.0. The summed E-state index contributed by atoms with van der Waals surface area (Å²) in [6, 6.07) is 5.15. The van der Waals surface area contributed by atoms with Crippen LogP contribution in [0.1, 0.15) is 13.3 Å². The summed E-state index contributed by atoms with van der Waals surface area (Å²) < 4.78 is 19.3. The van der Waals surface area contributed by atoms with Crippen LogP contribution in [0.3, 0.4) is 0 Å². The van der Waals surface area contributed by atoms with E-state index >= 15 is 0 Å². The highest BCUT2D eigenvalue weighted by Gasteiger charge is 2.69.